The Kier molecular flexibility index (Phi) is 7.41. The molecule has 3 aromatic rings. The Balaban J connectivity index is 1.70. The molecule has 2 aromatic carbocycles. The number of amides is 3. The maximum absolute atomic E-state index is 14.2. The molecule has 1 fully saturated rings. The standard InChI is InChI=1S/C27H25Cl2N5O3/c1-2-37-26-21(4-3-13-31-26)25-32-23(17-5-9-19(28)10-6-17)24(18-7-11-20(29)12-8-18)34(25)27(36)33-15-14-30-16-22(33)35/h3-13,23-24,30H,2,14-16H2,1H3. The van der Waals surface area contributed by atoms with Crippen molar-refractivity contribution < 1.29 is 14.3 Å². The van der Waals surface area contributed by atoms with Crippen LogP contribution in [-0.4, -0.2) is 58.8 Å². The SMILES string of the molecule is CCOc1ncccc1C1=NC(c2ccc(Cl)cc2)C(c2ccc(Cl)cc2)N1C(=O)N1CCNCC1=O. The Morgan fingerprint density at radius 2 is 1.73 bits per heavy atom. The van der Waals surface area contributed by atoms with E-state index in [1.54, 1.807) is 41.4 Å². The number of amidine groups is 1. The molecular weight excluding hydrogens is 513 g/mol. The number of carbonyl (C=O) groups excluding carboxylic acids is 2. The molecule has 2 atom stereocenters. The highest BCUT2D eigenvalue weighted by molar-refractivity contribution is 6.30. The van der Waals surface area contributed by atoms with E-state index in [0.29, 0.717) is 40.5 Å². The summed E-state index contributed by atoms with van der Waals surface area (Å²) >= 11 is 12.4. The molecule has 2 aliphatic rings. The zero-order valence-electron chi connectivity index (χ0n) is 20.1. The molecule has 0 bridgehead atoms. The molecule has 37 heavy (non-hydrogen) atoms. The van der Waals surface area contributed by atoms with Gasteiger partial charge in [0.2, 0.25) is 11.8 Å². The van der Waals surface area contributed by atoms with Crippen molar-refractivity contribution in [3.8, 4) is 5.88 Å². The lowest BCUT2D eigenvalue weighted by atomic mass is 9.93. The fraction of sp³-hybridized carbons (Fsp3) is 0.259. The summed E-state index contributed by atoms with van der Waals surface area (Å²) in [5.41, 5.74) is 2.25. The summed E-state index contributed by atoms with van der Waals surface area (Å²) in [7, 11) is 0. The van der Waals surface area contributed by atoms with Crippen LogP contribution in [0.25, 0.3) is 0 Å². The van der Waals surface area contributed by atoms with Crippen LogP contribution in [0.5, 0.6) is 5.88 Å². The van der Waals surface area contributed by atoms with E-state index >= 15 is 0 Å². The summed E-state index contributed by atoms with van der Waals surface area (Å²) in [4.78, 5) is 39.3. The van der Waals surface area contributed by atoms with Crippen molar-refractivity contribution in [2.24, 2.45) is 4.99 Å². The number of hydrogen-bond donors (Lipinski definition) is 1. The Morgan fingerprint density at radius 1 is 1.05 bits per heavy atom. The predicted octanol–water partition coefficient (Wildman–Crippen LogP) is 4.88. The highest BCUT2D eigenvalue weighted by atomic mass is 35.5. The molecular formula is C27H25Cl2N5O3. The fourth-order valence-corrected chi connectivity index (χ4v) is 4.86. The fourth-order valence-electron chi connectivity index (χ4n) is 4.61. The molecule has 1 aromatic heterocycles. The number of piperazine rings is 1. The molecule has 2 unspecified atom stereocenters. The Hall–Kier alpha value is -3.46. The van der Waals surface area contributed by atoms with E-state index in [4.69, 9.17) is 32.9 Å². The van der Waals surface area contributed by atoms with Crippen molar-refractivity contribution in [1.82, 2.24) is 20.1 Å². The number of urea groups is 1. The molecule has 8 nitrogen and oxygen atoms in total. The van der Waals surface area contributed by atoms with Crippen LogP contribution in [0, 0.1) is 0 Å². The van der Waals surface area contributed by atoms with E-state index in [1.807, 2.05) is 37.3 Å². The number of nitrogens with one attached hydrogen (secondary N) is 1. The third-order valence-electron chi connectivity index (χ3n) is 6.31. The molecule has 2 aliphatic heterocycles. The van der Waals surface area contributed by atoms with Gasteiger partial charge in [-0.15, -0.1) is 0 Å². The highest BCUT2D eigenvalue weighted by Gasteiger charge is 2.45. The van der Waals surface area contributed by atoms with Gasteiger partial charge in [-0.1, -0.05) is 47.5 Å². The zero-order chi connectivity index (χ0) is 25.9. The number of rotatable bonds is 5. The smallest absolute Gasteiger partial charge is 0.333 e. The lowest BCUT2D eigenvalue weighted by Gasteiger charge is -2.35. The van der Waals surface area contributed by atoms with E-state index in [2.05, 4.69) is 10.3 Å². The van der Waals surface area contributed by atoms with E-state index in [1.165, 1.54) is 4.90 Å². The average molecular weight is 538 g/mol. The molecule has 190 valence electrons. The molecule has 3 amide bonds. The molecule has 1 saturated heterocycles. The Bertz CT molecular complexity index is 1330. The molecule has 0 radical (unpaired) electrons. The minimum atomic E-state index is -0.557. The minimum absolute atomic E-state index is 0.0926. The topological polar surface area (TPSA) is 87.1 Å². The lowest BCUT2D eigenvalue weighted by molar-refractivity contribution is -0.129. The summed E-state index contributed by atoms with van der Waals surface area (Å²) in [6.07, 6.45) is 1.63. The molecule has 0 spiro atoms. The number of ether oxygens (including phenoxy) is 1. The van der Waals surface area contributed by atoms with Gasteiger partial charge in [-0.25, -0.2) is 9.78 Å². The minimum Gasteiger partial charge on any atom is -0.477 e. The summed E-state index contributed by atoms with van der Waals surface area (Å²) in [6.45, 7) is 3.12. The van der Waals surface area contributed by atoms with Crippen LogP contribution in [0.4, 0.5) is 4.79 Å². The third-order valence-corrected chi connectivity index (χ3v) is 6.81. The second-order valence-electron chi connectivity index (χ2n) is 8.61. The first-order valence-electron chi connectivity index (χ1n) is 12.0. The van der Waals surface area contributed by atoms with Gasteiger partial charge >= 0.3 is 6.03 Å². The van der Waals surface area contributed by atoms with Crippen molar-refractivity contribution in [1.29, 1.82) is 0 Å². The van der Waals surface area contributed by atoms with Crippen LogP contribution in [0.3, 0.4) is 0 Å². The van der Waals surface area contributed by atoms with Crippen molar-refractivity contribution in [3.05, 3.63) is 93.6 Å². The van der Waals surface area contributed by atoms with Crippen LogP contribution in [0.15, 0.2) is 71.9 Å². The quantitative estimate of drug-likeness (QED) is 0.500. The molecule has 0 saturated carbocycles. The van der Waals surface area contributed by atoms with Gasteiger partial charge in [-0.05, 0) is 54.4 Å². The van der Waals surface area contributed by atoms with Gasteiger partial charge in [-0.3, -0.25) is 19.6 Å². The van der Waals surface area contributed by atoms with E-state index in [9.17, 15) is 9.59 Å². The maximum atomic E-state index is 14.2. The molecule has 1 N–H and O–H groups in total. The van der Waals surface area contributed by atoms with Gasteiger partial charge in [0.15, 0.2) is 0 Å². The second kappa shape index (κ2) is 10.9. The summed E-state index contributed by atoms with van der Waals surface area (Å²) in [5.74, 6) is 0.448. The first-order valence-corrected chi connectivity index (χ1v) is 12.7. The molecule has 5 rings (SSSR count). The van der Waals surface area contributed by atoms with Crippen LogP contribution in [0.1, 0.15) is 35.7 Å². The number of hydrogen-bond acceptors (Lipinski definition) is 6. The number of aliphatic imine (C=N–C) groups is 1. The van der Waals surface area contributed by atoms with Gasteiger partial charge in [0, 0.05) is 29.3 Å². The number of halogens is 2. The van der Waals surface area contributed by atoms with Crippen LogP contribution >= 0.6 is 23.2 Å². The maximum Gasteiger partial charge on any atom is 0.333 e. The Labute approximate surface area is 224 Å². The highest BCUT2D eigenvalue weighted by Crippen LogP contribution is 2.45. The van der Waals surface area contributed by atoms with E-state index in [0.717, 1.165) is 11.1 Å². The first-order chi connectivity index (χ1) is 18.0. The van der Waals surface area contributed by atoms with E-state index < -0.39 is 18.1 Å². The first kappa shape index (κ1) is 25.2. The second-order valence-corrected chi connectivity index (χ2v) is 9.48. The van der Waals surface area contributed by atoms with Crippen molar-refractivity contribution in [2.45, 2.75) is 19.0 Å². The van der Waals surface area contributed by atoms with Crippen molar-refractivity contribution in [3.63, 3.8) is 0 Å². The van der Waals surface area contributed by atoms with Crippen LogP contribution < -0.4 is 10.1 Å². The average Bonchev–Trinajstić information content (AvgIpc) is 3.30. The number of carbonyl (C=O) groups is 2. The van der Waals surface area contributed by atoms with Crippen molar-refractivity contribution in [2.75, 3.05) is 26.2 Å². The summed E-state index contributed by atoms with van der Waals surface area (Å²) < 4.78 is 5.80. The monoisotopic (exact) mass is 537 g/mol. The van der Waals surface area contributed by atoms with Gasteiger partial charge in [-0.2, -0.15) is 0 Å². The van der Waals surface area contributed by atoms with Gasteiger partial charge in [0.1, 0.15) is 11.9 Å². The summed E-state index contributed by atoms with van der Waals surface area (Å²) in [6, 6.07) is 16.8. The van der Waals surface area contributed by atoms with Gasteiger partial charge in [0.05, 0.1) is 24.8 Å². The molecule has 3 heterocycles. The predicted molar refractivity (Wildman–Crippen MR) is 142 cm³/mol. The van der Waals surface area contributed by atoms with Gasteiger partial charge in [0.25, 0.3) is 0 Å². The molecule has 10 heteroatoms. The normalized spacial score (nSPS) is 19.6. The number of pyridine rings is 1. The summed E-state index contributed by atoms with van der Waals surface area (Å²) in [5, 5.41) is 4.19. The Morgan fingerprint density at radius 3 is 2.38 bits per heavy atom. The molecule has 0 aliphatic carbocycles. The largest absolute Gasteiger partial charge is 0.477 e. The number of nitrogens with zero attached hydrogens (tertiary/aromatic N) is 4. The number of aromatic nitrogens is 1. The number of benzene rings is 2. The zero-order valence-corrected chi connectivity index (χ0v) is 21.6. The van der Waals surface area contributed by atoms with Crippen LogP contribution in [0.2, 0.25) is 10.0 Å². The number of imide groups is 1. The van der Waals surface area contributed by atoms with Crippen molar-refractivity contribution >= 4 is 41.0 Å². The van der Waals surface area contributed by atoms with Gasteiger partial charge < -0.3 is 10.1 Å². The lowest BCUT2D eigenvalue weighted by Crippen LogP contribution is -2.56. The third kappa shape index (κ3) is 5.05. The van der Waals surface area contributed by atoms with E-state index in [-0.39, 0.29) is 19.0 Å². The van der Waals surface area contributed by atoms with Crippen LogP contribution in [-0.2, 0) is 4.79 Å².